The molecule has 0 amide bonds. The van der Waals surface area contributed by atoms with Gasteiger partial charge >= 0.3 is 0 Å². The van der Waals surface area contributed by atoms with Crippen LogP contribution in [0.2, 0.25) is 0 Å². The van der Waals surface area contributed by atoms with Gasteiger partial charge in [0, 0.05) is 6.54 Å². The summed E-state index contributed by atoms with van der Waals surface area (Å²) < 4.78 is 0. The first-order chi connectivity index (χ1) is 9.78. The Morgan fingerprint density at radius 3 is 2.80 bits per heavy atom. The molecular weight excluding hydrogens is 252 g/mol. The fraction of sp³-hybridized carbons (Fsp3) is 0.214. The first-order valence-electron chi connectivity index (χ1n) is 6.55. The maximum atomic E-state index is 5.69. The van der Waals surface area contributed by atoms with Gasteiger partial charge in [-0.3, -0.25) is 0 Å². The number of nitrogens with one attached hydrogen (secondary N) is 2. The van der Waals surface area contributed by atoms with Crippen LogP contribution < -0.4 is 11.1 Å². The quantitative estimate of drug-likeness (QED) is 0.674. The topological polar surface area (TPSA) is 92.5 Å². The highest BCUT2D eigenvalue weighted by Gasteiger charge is 2.08. The molecule has 6 heteroatoms. The minimum Gasteiger partial charge on any atom is -0.368 e. The smallest absolute Gasteiger partial charge is 0.224 e. The van der Waals surface area contributed by atoms with Gasteiger partial charge in [0.2, 0.25) is 5.95 Å². The number of aromatic amines is 1. The van der Waals surface area contributed by atoms with Gasteiger partial charge in [0.25, 0.3) is 0 Å². The predicted molar refractivity (Wildman–Crippen MR) is 79.2 cm³/mol. The normalized spacial score (nSPS) is 10.8. The molecule has 0 aliphatic carbocycles. The molecule has 2 heterocycles. The Morgan fingerprint density at radius 2 is 2.00 bits per heavy atom. The molecule has 2 aromatic heterocycles. The Bertz CT molecular complexity index is 733. The van der Waals surface area contributed by atoms with Crippen molar-refractivity contribution in [2.45, 2.75) is 19.9 Å². The van der Waals surface area contributed by atoms with Crippen molar-refractivity contribution in [2.24, 2.45) is 0 Å². The third-order valence-electron chi connectivity index (χ3n) is 3.25. The van der Waals surface area contributed by atoms with Gasteiger partial charge in [0.05, 0.1) is 6.33 Å². The molecular formula is C14H16N6. The Labute approximate surface area is 116 Å². The molecule has 0 unspecified atom stereocenters. The van der Waals surface area contributed by atoms with Crippen molar-refractivity contribution in [3.8, 4) is 0 Å². The highest BCUT2D eigenvalue weighted by atomic mass is 15.1. The van der Waals surface area contributed by atoms with Crippen LogP contribution in [0.3, 0.4) is 0 Å². The van der Waals surface area contributed by atoms with Gasteiger partial charge in [-0.25, -0.2) is 4.98 Å². The molecule has 0 aliphatic rings. The summed E-state index contributed by atoms with van der Waals surface area (Å²) in [6, 6.07) is 8.34. The zero-order valence-corrected chi connectivity index (χ0v) is 11.2. The number of aromatic nitrogens is 4. The van der Waals surface area contributed by atoms with Gasteiger partial charge in [-0.15, -0.1) is 0 Å². The second-order valence-corrected chi connectivity index (χ2v) is 4.51. The molecule has 0 bridgehead atoms. The van der Waals surface area contributed by atoms with E-state index in [2.05, 4.69) is 50.4 Å². The summed E-state index contributed by atoms with van der Waals surface area (Å²) in [7, 11) is 0. The maximum absolute atomic E-state index is 5.69. The summed E-state index contributed by atoms with van der Waals surface area (Å²) in [6.45, 7) is 2.84. The second kappa shape index (κ2) is 5.16. The number of rotatable bonds is 4. The van der Waals surface area contributed by atoms with Crippen LogP contribution in [0.4, 0.5) is 11.8 Å². The monoisotopic (exact) mass is 268 g/mol. The summed E-state index contributed by atoms with van der Waals surface area (Å²) in [6.07, 6.45) is 2.59. The summed E-state index contributed by atoms with van der Waals surface area (Å²) in [5, 5.41) is 3.30. The minimum absolute atomic E-state index is 0.218. The Hall–Kier alpha value is -2.63. The first-order valence-corrected chi connectivity index (χ1v) is 6.55. The lowest BCUT2D eigenvalue weighted by Crippen LogP contribution is -2.06. The summed E-state index contributed by atoms with van der Waals surface area (Å²) >= 11 is 0. The van der Waals surface area contributed by atoms with Crippen LogP contribution in [0, 0.1) is 0 Å². The van der Waals surface area contributed by atoms with Gasteiger partial charge in [-0.05, 0) is 17.5 Å². The van der Waals surface area contributed by atoms with E-state index in [4.69, 9.17) is 5.73 Å². The van der Waals surface area contributed by atoms with E-state index in [1.165, 1.54) is 11.1 Å². The average Bonchev–Trinajstić information content (AvgIpc) is 2.93. The number of aryl methyl sites for hydroxylation is 1. The molecule has 6 nitrogen and oxygen atoms in total. The number of hydrogen-bond donors (Lipinski definition) is 3. The molecule has 1 aromatic carbocycles. The lowest BCUT2D eigenvalue weighted by atomic mass is 10.1. The average molecular weight is 268 g/mol. The fourth-order valence-electron chi connectivity index (χ4n) is 2.23. The van der Waals surface area contributed by atoms with E-state index in [-0.39, 0.29) is 5.95 Å². The number of imidazole rings is 1. The standard InChI is InChI=1S/C14H16N6/c1-2-9-5-3-4-6-10(9)7-16-12-11-13(18-8-17-11)20-14(15)19-12/h3-6,8H,2,7H2,1H3,(H4,15,16,17,18,19,20). The summed E-state index contributed by atoms with van der Waals surface area (Å²) in [4.78, 5) is 15.4. The van der Waals surface area contributed by atoms with Gasteiger partial charge in [0.15, 0.2) is 11.5 Å². The lowest BCUT2D eigenvalue weighted by molar-refractivity contribution is 1.03. The molecule has 0 saturated heterocycles. The highest BCUT2D eigenvalue weighted by molar-refractivity contribution is 5.83. The lowest BCUT2D eigenvalue weighted by Gasteiger charge is -2.10. The van der Waals surface area contributed by atoms with Crippen LogP contribution >= 0.6 is 0 Å². The van der Waals surface area contributed by atoms with Crippen molar-refractivity contribution in [1.29, 1.82) is 0 Å². The zero-order valence-electron chi connectivity index (χ0n) is 11.2. The fourth-order valence-corrected chi connectivity index (χ4v) is 2.23. The van der Waals surface area contributed by atoms with Crippen molar-refractivity contribution in [1.82, 2.24) is 19.9 Å². The number of fused-ring (bicyclic) bond motifs is 1. The molecule has 20 heavy (non-hydrogen) atoms. The molecule has 3 aromatic rings. The number of nitrogens with two attached hydrogens (primary N) is 1. The van der Waals surface area contributed by atoms with Gasteiger partial charge in [0.1, 0.15) is 5.52 Å². The third kappa shape index (κ3) is 2.27. The minimum atomic E-state index is 0.218. The van der Waals surface area contributed by atoms with Crippen molar-refractivity contribution < 1.29 is 0 Å². The third-order valence-corrected chi connectivity index (χ3v) is 3.25. The van der Waals surface area contributed by atoms with Crippen LogP contribution in [0.25, 0.3) is 11.2 Å². The Balaban J connectivity index is 1.88. The molecule has 0 atom stereocenters. The van der Waals surface area contributed by atoms with Crippen molar-refractivity contribution in [3.63, 3.8) is 0 Å². The molecule has 3 rings (SSSR count). The number of anilines is 2. The molecule has 102 valence electrons. The maximum Gasteiger partial charge on any atom is 0.224 e. The number of H-pyrrole nitrogens is 1. The number of hydrogen-bond acceptors (Lipinski definition) is 5. The van der Waals surface area contributed by atoms with E-state index >= 15 is 0 Å². The van der Waals surface area contributed by atoms with E-state index in [0.29, 0.717) is 18.0 Å². The number of nitrogens with zero attached hydrogens (tertiary/aromatic N) is 3. The molecule has 0 aliphatic heterocycles. The van der Waals surface area contributed by atoms with E-state index in [1.807, 2.05) is 6.07 Å². The van der Waals surface area contributed by atoms with Gasteiger partial charge < -0.3 is 16.0 Å². The van der Waals surface area contributed by atoms with Crippen LogP contribution in [-0.2, 0) is 13.0 Å². The van der Waals surface area contributed by atoms with Gasteiger partial charge in [-0.1, -0.05) is 31.2 Å². The first kappa shape index (κ1) is 12.4. The molecule has 4 N–H and O–H groups in total. The Morgan fingerprint density at radius 1 is 1.20 bits per heavy atom. The van der Waals surface area contributed by atoms with Crippen LogP contribution in [0.1, 0.15) is 18.1 Å². The van der Waals surface area contributed by atoms with E-state index in [9.17, 15) is 0 Å². The summed E-state index contributed by atoms with van der Waals surface area (Å²) in [5.41, 5.74) is 9.61. The predicted octanol–water partition coefficient (Wildman–Crippen LogP) is 2.11. The number of nitrogen functional groups attached to an aromatic ring is 1. The second-order valence-electron chi connectivity index (χ2n) is 4.51. The van der Waals surface area contributed by atoms with Crippen LogP contribution in [-0.4, -0.2) is 19.9 Å². The number of benzene rings is 1. The Kier molecular flexibility index (Phi) is 3.20. The molecule has 0 saturated carbocycles. The van der Waals surface area contributed by atoms with Crippen molar-refractivity contribution in [3.05, 3.63) is 41.7 Å². The van der Waals surface area contributed by atoms with E-state index < -0.39 is 0 Å². The highest BCUT2D eigenvalue weighted by Crippen LogP contribution is 2.19. The molecule has 0 spiro atoms. The largest absolute Gasteiger partial charge is 0.368 e. The van der Waals surface area contributed by atoms with Crippen LogP contribution in [0.15, 0.2) is 30.6 Å². The molecule has 0 radical (unpaired) electrons. The van der Waals surface area contributed by atoms with Crippen molar-refractivity contribution >= 4 is 22.9 Å². The van der Waals surface area contributed by atoms with E-state index in [1.54, 1.807) is 6.33 Å². The van der Waals surface area contributed by atoms with Gasteiger partial charge in [-0.2, -0.15) is 9.97 Å². The molecule has 0 fully saturated rings. The SMILES string of the molecule is CCc1ccccc1CNc1nc(N)nc2nc[nH]c12. The van der Waals surface area contributed by atoms with E-state index in [0.717, 1.165) is 11.9 Å². The van der Waals surface area contributed by atoms with Crippen molar-refractivity contribution in [2.75, 3.05) is 11.1 Å². The van der Waals surface area contributed by atoms with Crippen LogP contribution in [0.5, 0.6) is 0 Å². The zero-order chi connectivity index (χ0) is 13.9. The summed E-state index contributed by atoms with van der Waals surface area (Å²) in [5.74, 6) is 0.895.